The summed E-state index contributed by atoms with van der Waals surface area (Å²) in [5.41, 5.74) is 2.72. The minimum Gasteiger partial charge on any atom is -0.497 e. The number of anilines is 1. The van der Waals surface area contributed by atoms with Crippen molar-refractivity contribution in [2.75, 3.05) is 25.8 Å². The molecule has 154 valence electrons. The number of fused-ring (bicyclic) bond motifs is 1. The third-order valence-corrected chi connectivity index (χ3v) is 4.93. The zero-order chi connectivity index (χ0) is 20.8. The van der Waals surface area contributed by atoms with E-state index in [2.05, 4.69) is 10.6 Å². The fraction of sp³-hybridized carbons (Fsp3) is 0.208. The van der Waals surface area contributed by atoms with Gasteiger partial charge in [0.05, 0.1) is 7.11 Å². The molecule has 0 unspecified atom stereocenters. The van der Waals surface area contributed by atoms with Crippen LogP contribution in [0.5, 0.6) is 17.2 Å². The highest BCUT2D eigenvalue weighted by Gasteiger charge is 2.20. The van der Waals surface area contributed by atoms with Gasteiger partial charge in [-0.15, -0.1) is 0 Å². The van der Waals surface area contributed by atoms with Crippen molar-refractivity contribution in [2.45, 2.75) is 12.5 Å². The van der Waals surface area contributed by atoms with Gasteiger partial charge in [0.1, 0.15) is 11.8 Å². The molecule has 0 fully saturated rings. The molecule has 3 aromatic rings. The first-order valence-electron chi connectivity index (χ1n) is 9.85. The van der Waals surface area contributed by atoms with Crippen LogP contribution in [-0.4, -0.2) is 26.4 Å². The second kappa shape index (κ2) is 9.33. The maximum Gasteiger partial charge on any atom is 0.246 e. The van der Waals surface area contributed by atoms with Gasteiger partial charge in [-0.3, -0.25) is 4.79 Å². The Morgan fingerprint density at radius 1 is 1.00 bits per heavy atom. The second-order valence-electron chi connectivity index (χ2n) is 6.96. The molecule has 0 saturated heterocycles. The van der Waals surface area contributed by atoms with E-state index in [-0.39, 0.29) is 12.7 Å². The number of amides is 1. The first-order valence-corrected chi connectivity index (χ1v) is 9.85. The molecule has 1 atom stereocenters. The molecule has 1 aliphatic rings. The molecular formula is C24H24N2O4. The molecule has 30 heavy (non-hydrogen) atoms. The van der Waals surface area contributed by atoms with Crippen LogP contribution in [0.4, 0.5) is 5.69 Å². The highest BCUT2D eigenvalue weighted by atomic mass is 16.7. The van der Waals surface area contributed by atoms with Crippen molar-refractivity contribution >= 4 is 11.6 Å². The van der Waals surface area contributed by atoms with Crippen molar-refractivity contribution in [1.82, 2.24) is 5.32 Å². The summed E-state index contributed by atoms with van der Waals surface area (Å²) in [6, 6.07) is 22.5. The Labute approximate surface area is 175 Å². The SMILES string of the molecule is COc1cccc(NC(=O)[C@@H](NCCc2ccc3c(c2)OCO3)c2ccccc2)c1. The van der Waals surface area contributed by atoms with Gasteiger partial charge in [0.15, 0.2) is 11.5 Å². The predicted octanol–water partition coefficient (Wildman–Crippen LogP) is 3.94. The highest BCUT2D eigenvalue weighted by molar-refractivity contribution is 5.95. The molecule has 2 N–H and O–H groups in total. The van der Waals surface area contributed by atoms with Crippen LogP contribution in [0.3, 0.4) is 0 Å². The summed E-state index contributed by atoms with van der Waals surface area (Å²) in [4.78, 5) is 13.1. The van der Waals surface area contributed by atoms with E-state index in [0.29, 0.717) is 18.0 Å². The lowest BCUT2D eigenvalue weighted by Crippen LogP contribution is -2.34. The van der Waals surface area contributed by atoms with Gasteiger partial charge >= 0.3 is 0 Å². The van der Waals surface area contributed by atoms with Crippen LogP contribution in [0, 0.1) is 0 Å². The summed E-state index contributed by atoms with van der Waals surface area (Å²) >= 11 is 0. The van der Waals surface area contributed by atoms with E-state index < -0.39 is 6.04 Å². The normalized spacial score (nSPS) is 13.0. The Kier molecular flexibility index (Phi) is 6.15. The van der Waals surface area contributed by atoms with E-state index >= 15 is 0 Å². The zero-order valence-electron chi connectivity index (χ0n) is 16.8. The molecule has 4 rings (SSSR count). The molecule has 0 radical (unpaired) electrons. The van der Waals surface area contributed by atoms with Crippen molar-refractivity contribution in [3.8, 4) is 17.2 Å². The molecule has 0 spiro atoms. The van der Waals surface area contributed by atoms with Crippen LogP contribution < -0.4 is 24.8 Å². The quantitative estimate of drug-likeness (QED) is 0.595. The number of hydrogen-bond donors (Lipinski definition) is 2. The summed E-state index contributed by atoms with van der Waals surface area (Å²) in [5.74, 6) is 2.11. The van der Waals surface area contributed by atoms with Gasteiger partial charge < -0.3 is 24.8 Å². The Hall–Kier alpha value is -3.51. The fourth-order valence-corrected chi connectivity index (χ4v) is 3.38. The molecule has 0 aliphatic carbocycles. The van der Waals surface area contributed by atoms with E-state index in [9.17, 15) is 4.79 Å². The van der Waals surface area contributed by atoms with Gasteiger partial charge in [-0.05, 0) is 41.8 Å². The standard InChI is InChI=1S/C24H24N2O4/c1-28-20-9-5-8-19(15-20)26-24(27)23(18-6-3-2-4-7-18)25-13-12-17-10-11-21-22(14-17)30-16-29-21/h2-11,14-15,23,25H,12-13,16H2,1H3,(H,26,27)/t23-/m0/s1. The summed E-state index contributed by atoms with van der Waals surface area (Å²) in [6.45, 7) is 0.891. The number of carbonyl (C=O) groups excluding carboxylic acids is 1. The van der Waals surface area contributed by atoms with Crippen LogP contribution in [0.2, 0.25) is 0 Å². The fourth-order valence-electron chi connectivity index (χ4n) is 3.38. The number of methoxy groups -OCH3 is 1. The summed E-state index contributed by atoms with van der Waals surface area (Å²) in [5, 5.41) is 6.37. The van der Waals surface area contributed by atoms with Gasteiger partial charge in [0, 0.05) is 18.3 Å². The second-order valence-corrected chi connectivity index (χ2v) is 6.96. The van der Waals surface area contributed by atoms with Gasteiger partial charge in [0.2, 0.25) is 12.7 Å². The average molecular weight is 404 g/mol. The lowest BCUT2D eigenvalue weighted by atomic mass is 10.1. The molecule has 1 amide bonds. The monoisotopic (exact) mass is 404 g/mol. The molecular weight excluding hydrogens is 380 g/mol. The van der Waals surface area contributed by atoms with Crippen molar-refractivity contribution < 1.29 is 19.0 Å². The van der Waals surface area contributed by atoms with Crippen LogP contribution in [0.15, 0.2) is 72.8 Å². The van der Waals surface area contributed by atoms with E-state index in [4.69, 9.17) is 14.2 Å². The van der Waals surface area contributed by atoms with E-state index in [1.54, 1.807) is 13.2 Å². The van der Waals surface area contributed by atoms with Crippen molar-refractivity contribution in [3.63, 3.8) is 0 Å². The lowest BCUT2D eigenvalue weighted by molar-refractivity contribution is -0.118. The van der Waals surface area contributed by atoms with Gasteiger partial charge in [0.25, 0.3) is 0 Å². The molecule has 3 aromatic carbocycles. The smallest absolute Gasteiger partial charge is 0.246 e. The molecule has 6 nitrogen and oxygen atoms in total. The number of carbonyl (C=O) groups is 1. The number of ether oxygens (including phenoxy) is 3. The van der Waals surface area contributed by atoms with Gasteiger partial charge in [-0.1, -0.05) is 42.5 Å². The number of hydrogen-bond acceptors (Lipinski definition) is 5. The maximum absolute atomic E-state index is 13.1. The van der Waals surface area contributed by atoms with Crippen LogP contribution >= 0.6 is 0 Å². The summed E-state index contributed by atoms with van der Waals surface area (Å²) < 4.78 is 16.0. The van der Waals surface area contributed by atoms with Gasteiger partial charge in [-0.25, -0.2) is 0 Å². The Morgan fingerprint density at radius 2 is 1.83 bits per heavy atom. The van der Waals surface area contributed by atoms with Crippen LogP contribution in [0.25, 0.3) is 0 Å². The number of rotatable bonds is 8. The van der Waals surface area contributed by atoms with E-state index in [1.165, 1.54) is 0 Å². The molecule has 1 heterocycles. The summed E-state index contributed by atoms with van der Waals surface area (Å²) in [6.07, 6.45) is 0.756. The van der Waals surface area contributed by atoms with Crippen molar-refractivity contribution in [2.24, 2.45) is 0 Å². The molecule has 0 aromatic heterocycles. The van der Waals surface area contributed by atoms with Gasteiger partial charge in [-0.2, -0.15) is 0 Å². The first-order chi connectivity index (χ1) is 14.7. The minimum absolute atomic E-state index is 0.125. The third-order valence-electron chi connectivity index (χ3n) is 4.93. The van der Waals surface area contributed by atoms with Crippen molar-refractivity contribution in [1.29, 1.82) is 0 Å². The highest BCUT2D eigenvalue weighted by Crippen LogP contribution is 2.32. The number of benzene rings is 3. The first kappa shape index (κ1) is 19.8. The predicted molar refractivity (Wildman–Crippen MR) is 115 cm³/mol. The zero-order valence-corrected chi connectivity index (χ0v) is 16.8. The topological polar surface area (TPSA) is 68.8 Å². The van der Waals surface area contributed by atoms with Crippen LogP contribution in [0.1, 0.15) is 17.2 Å². The molecule has 6 heteroatoms. The van der Waals surface area contributed by atoms with Crippen molar-refractivity contribution in [3.05, 3.63) is 83.9 Å². The maximum atomic E-state index is 13.1. The lowest BCUT2D eigenvalue weighted by Gasteiger charge is -2.19. The molecule has 0 saturated carbocycles. The van der Waals surface area contributed by atoms with Crippen LogP contribution in [-0.2, 0) is 11.2 Å². The molecule has 0 bridgehead atoms. The number of nitrogens with one attached hydrogen (secondary N) is 2. The third kappa shape index (κ3) is 4.72. The minimum atomic E-state index is -0.480. The van der Waals surface area contributed by atoms with E-state index in [1.807, 2.05) is 66.7 Å². The largest absolute Gasteiger partial charge is 0.497 e. The molecule has 1 aliphatic heterocycles. The van der Waals surface area contributed by atoms with E-state index in [0.717, 1.165) is 29.0 Å². The Bertz CT molecular complexity index is 1010. The summed E-state index contributed by atoms with van der Waals surface area (Å²) in [7, 11) is 1.60. The Morgan fingerprint density at radius 3 is 2.67 bits per heavy atom. The Balaban J connectivity index is 1.44. The average Bonchev–Trinajstić information content (AvgIpc) is 3.25.